The molecule has 0 atom stereocenters. The Balaban J connectivity index is 1.30. The fourth-order valence-corrected chi connectivity index (χ4v) is 4.00. The maximum atomic E-state index is 12.0. The maximum absolute atomic E-state index is 12.0. The number of amides is 2. The number of rotatable bonds is 6. The third-order valence-electron chi connectivity index (χ3n) is 4.67. The molecule has 1 N–H and O–H groups in total. The zero-order chi connectivity index (χ0) is 17.6. The van der Waals surface area contributed by atoms with Crippen LogP contribution >= 0.6 is 23.4 Å². The molecule has 25 heavy (non-hydrogen) atoms. The first-order chi connectivity index (χ1) is 12.1. The summed E-state index contributed by atoms with van der Waals surface area (Å²) in [7, 11) is 0. The number of ether oxygens (including phenoxy) is 1. The van der Waals surface area contributed by atoms with E-state index < -0.39 is 0 Å². The van der Waals surface area contributed by atoms with Crippen LogP contribution in [-0.2, 0) is 14.3 Å². The van der Waals surface area contributed by atoms with E-state index in [1.165, 1.54) is 17.3 Å². The molecular weight excluding hydrogens is 360 g/mol. The topological polar surface area (TPSA) is 58.6 Å². The van der Waals surface area contributed by atoms with Crippen LogP contribution in [0, 0.1) is 0 Å². The Bertz CT molecular complexity index is 599. The fourth-order valence-electron chi connectivity index (χ4n) is 3.15. The lowest BCUT2D eigenvalue weighted by atomic mass is 9.76. The second kappa shape index (κ2) is 8.92. The number of carbonyl (C=O) groups is 2. The zero-order valence-electron chi connectivity index (χ0n) is 14.1. The van der Waals surface area contributed by atoms with E-state index in [1.54, 1.807) is 4.90 Å². The van der Waals surface area contributed by atoms with Gasteiger partial charge in [-0.3, -0.25) is 9.59 Å². The van der Waals surface area contributed by atoms with Gasteiger partial charge in [0.05, 0.1) is 24.7 Å². The van der Waals surface area contributed by atoms with Gasteiger partial charge in [-0.05, 0) is 36.5 Å². The van der Waals surface area contributed by atoms with Crippen LogP contribution in [0.1, 0.15) is 24.3 Å². The number of morpholine rings is 1. The minimum Gasteiger partial charge on any atom is -0.378 e. The molecule has 0 aromatic heterocycles. The van der Waals surface area contributed by atoms with Gasteiger partial charge in [-0.2, -0.15) is 0 Å². The molecular formula is C18H23ClN2O3S. The fraction of sp³-hybridized carbons (Fsp3) is 0.556. The summed E-state index contributed by atoms with van der Waals surface area (Å²) in [6, 6.07) is 8.16. The minimum absolute atomic E-state index is 0.0133. The summed E-state index contributed by atoms with van der Waals surface area (Å²) in [5.74, 6) is 1.29. The first-order valence-corrected chi connectivity index (χ1v) is 10.1. The van der Waals surface area contributed by atoms with Gasteiger partial charge >= 0.3 is 0 Å². The molecule has 1 aromatic carbocycles. The number of carbonyl (C=O) groups excluding carboxylic acids is 2. The highest BCUT2D eigenvalue weighted by Crippen LogP contribution is 2.37. The van der Waals surface area contributed by atoms with E-state index in [0.717, 1.165) is 17.9 Å². The van der Waals surface area contributed by atoms with Crippen LogP contribution in [0.5, 0.6) is 0 Å². The lowest BCUT2D eigenvalue weighted by molar-refractivity contribution is -0.132. The highest BCUT2D eigenvalue weighted by atomic mass is 35.5. The third-order valence-corrected chi connectivity index (χ3v) is 5.84. The predicted molar refractivity (Wildman–Crippen MR) is 100 cm³/mol. The van der Waals surface area contributed by atoms with Gasteiger partial charge in [-0.1, -0.05) is 23.7 Å². The molecule has 5 nitrogen and oxygen atoms in total. The molecule has 3 rings (SSSR count). The Morgan fingerprint density at radius 2 is 1.84 bits per heavy atom. The average Bonchev–Trinajstić information content (AvgIpc) is 2.59. The zero-order valence-corrected chi connectivity index (χ0v) is 15.7. The van der Waals surface area contributed by atoms with Crippen LogP contribution < -0.4 is 5.32 Å². The van der Waals surface area contributed by atoms with E-state index in [4.69, 9.17) is 16.3 Å². The summed E-state index contributed by atoms with van der Waals surface area (Å²) in [5, 5.41) is 3.80. The van der Waals surface area contributed by atoms with E-state index >= 15 is 0 Å². The summed E-state index contributed by atoms with van der Waals surface area (Å²) in [6.07, 6.45) is 1.93. The molecule has 1 saturated carbocycles. The van der Waals surface area contributed by atoms with Gasteiger partial charge in [0.25, 0.3) is 0 Å². The molecule has 0 radical (unpaired) electrons. The smallest absolute Gasteiger partial charge is 0.232 e. The third kappa shape index (κ3) is 5.36. The second-order valence-corrected chi connectivity index (χ2v) is 7.89. The Morgan fingerprint density at radius 1 is 1.16 bits per heavy atom. The van der Waals surface area contributed by atoms with Gasteiger partial charge in [0.15, 0.2) is 0 Å². The molecule has 1 aliphatic carbocycles. The van der Waals surface area contributed by atoms with E-state index in [1.807, 2.05) is 12.1 Å². The normalized spacial score (nSPS) is 23.0. The van der Waals surface area contributed by atoms with Gasteiger partial charge in [0.2, 0.25) is 11.8 Å². The number of benzene rings is 1. The quantitative estimate of drug-likeness (QED) is 0.820. The summed E-state index contributed by atoms with van der Waals surface area (Å²) in [5.41, 5.74) is 1.28. The number of halogens is 1. The number of thioether (sulfide) groups is 1. The van der Waals surface area contributed by atoms with Crippen molar-refractivity contribution in [1.82, 2.24) is 10.2 Å². The van der Waals surface area contributed by atoms with Crippen LogP contribution in [0.3, 0.4) is 0 Å². The van der Waals surface area contributed by atoms with Gasteiger partial charge in [0, 0.05) is 24.2 Å². The van der Waals surface area contributed by atoms with E-state index in [0.29, 0.717) is 43.7 Å². The highest BCUT2D eigenvalue weighted by molar-refractivity contribution is 8.00. The summed E-state index contributed by atoms with van der Waals surface area (Å²) in [6.45, 7) is 2.51. The van der Waals surface area contributed by atoms with Crippen LogP contribution in [0.4, 0.5) is 0 Å². The lowest BCUT2D eigenvalue weighted by Gasteiger charge is -2.36. The molecule has 1 aromatic rings. The van der Waals surface area contributed by atoms with Crippen molar-refractivity contribution in [3.05, 3.63) is 34.9 Å². The number of hydrogen-bond donors (Lipinski definition) is 1. The van der Waals surface area contributed by atoms with Crippen LogP contribution in [-0.4, -0.2) is 60.6 Å². The molecule has 0 bridgehead atoms. The largest absolute Gasteiger partial charge is 0.378 e. The number of nitrogens with zero attached hydrogens (tertiary/aromatic N) is 1. The maximum Gasteiger partial charge on any atom is 0.232 e. The van der Waals surface area contributed by atoms with Crippen LogP contribution in [0.2, 0.25) is 5.02 Å². The number of hydrogen-bond acceptors (Lipinski definition) is 4. The Kier molecular flexibility index (Phi) is 6.62. The molecule has 0 unspecified atom stereocenters. The van der Waals surface area contributed by atoms with Crippen LogP contribution in [0.15, 0.2) is 24.3 Å². The summed E-state index contributed by atoms with van der Waals surface area (Å²) < 4.78 is 5.23. The van der Waals surface area contributed by atoms with Crippen molar-refractivity contribution in [3.63, 3.8) is 0 Å². The number of nitrogens with one attached hydrogen (secondary N) is 1. The standard InChI is InChI=1S/C18H23ClN2O3S/c19-15-3-1-13(2-4-15)14-9-16(10-14)20-17(22)11-25-12-18(23)21-5-7-24-8-6-21/h1-4,14,16H,5-12H2,(H,20,22). The van der Waals surface area contributed by atoms with Crippen LogP contribution in [0.25, 0.3) is 0 Å². The van der Waals surface area contributed by atoms with Gasteiger partial charge < -0.3 is 15.0 Å². The summed E-state index contributed by atoms with van der Waals surface area (Å²) in [4.78, 5) is 25.8. The Labute approximate surface area is 157 Å². The molecule has 7 heteroatoms. The first kappa shape index (κ1) is 18.5. The van der Waals surface area contributed by atoms with Gasteiger partial charge in [-0.25, -0.2) is 0 Å². The molecule has 1 heterocycles. The average molecular weight is 383 g/mol. The van der Waals surface area contributed by atoms with Crippen molar-refractivity contribution in [2.75, 3.05) is 37.8 Å². The van der Waals surface area contributed by atoms with E-state index in [2.05, 4.69) is 17.4 Å². The van der Waals surface area contributed by atoms with Crippen molar-refractivity contribution >= 4 is 35.2 Å². The van der Waals surface area contributed by atoms with Crippen molar-refractivity contribution in [2.24, 2.45) is 0 Å². The Morgan fingerprint density at radius 3 is 2.52 bits per heavy atom. The second-order valence-electron chi connectivity index (χ2n) is 6.47. The SMILES string of the molecule is O=C(CSCC(=O)N1CCOCC1)NC1CC(c2ccc(Cl)cc2)C1. The predicted octanol–water partition coefficient (Wildman–Crippen LogP) is 2.29. The molecule has 1 aliphatic heterocycles. The lowest BCUT2D eigenvalue weighted by Crippen LogP contribution is -2.44. The van der Waals surface area contributed by atoms with Gasteiger partial charge in [0.1, 0.15) is 0 Å². The monoisotopic (exact) mass is 382 g/mol. The van der Waals surface area contributed by atoms with Gasteiger partial charge in [-0.15, -0.1) is 11.8 Å². The van der Waals surface area contributed by atoms with Crippen molar-refractivity contribution in [3.8, 4) is 0 Å². The van der Waals surface area contributed by atoms with E-state index in [9.17, 15) is 9.59 Å². The molecule has 2 aliphatic rings. The molecule has 2 amide bonds. The highest BCUT2D eigenvalue weighted by Gasteiger charge is 2.31. The van der Waals surface area contributed by atoms with Crippen molar-refractivity contribution < 1.29 is 14.3 Å². The van der Waals surface area contributed by atoms with E-state index in [-0.39, 0.29) is 17.9 Å². The molecule has 2 fully saturated rings. The molecule has 136 valence electrons. The minimum atomic E-state index is 0.0133. The van der Waals surface area contributed by atoms with Crippen molar-refractivity contribution in [2.45, 2.75) is 24.8 Å². The Hall–Kier alpha value is -1.24. The van der Waals surface area contributed by atoms with Crippen molar-refractivity contribution in [1.29, 1.82) is 0 Å². The first-order valence-electron chi connectivity index (χ1n) is 8.60. The summed E-state index contributed by atoms with van der Waals surface area (Å²) >= 11 is 7.28. The molecule has 1 saturated heterocycles. The molecule has 0 spiro atoms.